The largest absolute Gasteiger partial charge is 0.444 e. The Balaban J connectivity index is 1.97. The molecule has 0 aromatic carbocycles. The van der Waals surface area contributed by atoms with Crippen molar-refractivity contribution < 1.29 is 9.53 Å². The zero-order valence-electron chi connectivity index (χ0n) is 14.6. The van der Waals surface area contributed by atoms with Crippen LogP contribution in [0.5, 0.6) is 0 Å². The lowest BCUT2D eigenvalue weighted by Crippen LogP contribution is -2.51. The van der Waals surface area contributed by atoms with E-state index in [-0.39, 0.29) is 24.2 Å². The van der Waals surface area contributed by atoms with Gasteiger partial charge in [-0.25, -0.2) is 9.78 Å². The molecule has 1 aromatic heterocycles. The molecule has 2 rings (SSSR count). The molecule has 1 aliphatic carbocycles. The number of rotatable bonds is 4. The molecule has 0 aliphatic heterocycles. The molecule has 1 aromatic rings. The van der Waals surface area contributed by atoms with Crippen molar-refractivity contribution in [1.29, 1.82) is 0 Å². The highest BCUT2D eigenvalue weighted by Gasteiger charge is 2.28. The predicted octanol–water partition coefficient (Wildman–Crippen LogP) is 4.02. The summed E-state index contributed by atoms with van der Waals surface area (Å²) in [5.41, 5.74) is 2.46. The van der Waals surface area contributed by atoms with Gasteiger partial charge in [0.2, 0.25) is 0 Å². The van der Waals surface area contributed by atoms with Crippen molar-refractivity contribution in [1.82, 2.24) is 15.6 Å². The van der Waals surface area contributed by atoms with Crippen LogP contribution in [0.1, 0.15) is 71.5 Å². The topological polar surface area (TPSA) is 63.2 Å². The minimum absolute atomic E-state index is 0.105. The second-order valence-electron chi connectivity index (χ2n) is 7.30. The normalized spacial score (nSPS) is 23.8. The number of alkyl carbamates (subject to hydrolysis) is 1. The van der Waals surface area contributed by atoms with Crippen molar-refractivity contribution in [3.63, 3.8) is 0 Å². The van der Waals surface area contributed by atoms with Gasteiger partial charge in [-0.05, 0) is 40.5 Å². The molecule has 1 fully saturated rings. The SMILES string of the molecule is CC(NC1CCCCCC1NC(=O)OC(C)(C)C)c1cscn1. The van der Waals surface area contributed by atoms with E-state index in [2.05, 4.69) is 27.9 Å². The van der Waals surface area contributed by atoms with E-state index in [1.165, 1.54) is 12.8 Å². The van der Waals surface area contributed by atoms with Crippen LogP contribution in [-0.4, -0.2) is 28.8 Å². The standard InChI is InChI=1S/C17H29N3O2S/c1-12(15-10-23-11-18-15)19-13-8-6-5-7-9-14(13)20-16(21)22-17(2,3)4/h10-14,19H,5-9H2,1-4H3,(H,20,21). The summed E-state index contributed by atoms with van der Waals surface area (Å²) in [5.74, 6) is 0. The lowest BCUT2D eigenvalue weighted by atomic mass is 10.0. The number of nitrogens with zero attached hydrogens (tertiary/aromatic N) is 1. The van der Waals surface area contributed by atoms with Crippen LogP contribution in [0.2, 0.25) is 0 Å². The van der Waals surface area contributed by atoms with Gasteiger partial charge in [-0.2, -0.15) is 0 Å². The fraction of sp³-hybridized carbons (Fsp3) is 0.765. The average molecular weight is 340 g/mol. The summed E-state index contributed by atoms with van der Waals surface area (Å²) in [7, 11) is 0. The van der Waals surface area contributed by atoms with Crippen molar-refractivity contribution in [3.05, 3.63) is 16.6 Å². The van der Waals surface area contributed by atoms with Crippen LogP contribution in [0.4, 0.5) is 4.79 Å². The van der Waals surface area contributed by atoms with Crippen LogP contribution in [0.25, 0.3) is 0 Å². The number of ether oxygens (including phenoxy) is 1. The molecule has 23 heavy (non-hydrogen) atoms. The number of aromatic nitrogens is 1. The molecular formula is C17H29N3O2S. The van der Waals surface area contributed by atoms with Gasteiger partial charge >= 0.3 is 6.09 Å². The molecule has 3 unspecified atom stereocenters. The number of nitrogens with one attached hydrogen (secondary N) is 2. The van der Waals surface area contributed by atoms with E-state index in [4.69, 9.17) is 4.74 Å². The van der Waals surface area contributed by atoms with Crippen molar-refractivity contribution in [2.45, 2.75) is 83.5 Å². The molecule has 130 valence electrons. The molecule has 0 bridgehead atoms. The second kappa shape index (κ2) is 8.11. The Morgan fingerprint density at radius 3 is 2.61 bits per heavy atom. The van der Waals surface area contributed by atoms with Gasteiger partial charge in [0.05, 0.1) is 11.2 Å². The molecule has 1 amide bonds. The Hall–Kier alpha value is -1.14. The highest BCUT2D eigenvalue weighted by Crippen LogP contribution is 2.22. The Morgan fingerprint density at radius 1 is 1.30 bits per heavy atom. The first kappa shape index (κ1) is 18.2. The van der Waals surface area contributed by atoms with E-state index in [0.29, 0.717) is 0 Å². The molecule has 1 saturated carbocycles. The first-order valence-electron chi connectivity index (χ1n) is 8.49. The fourth-order valence-electron chi connectivity index (χ4n) is 2.98. The molecule has 0 saturated heterocycles. The van der Waals surface area contributed by atoms with Crippen LogP contribution in [0.15, 0.2) is 10.9 Å². The molecule has 0 radical (unpaired) electrons. The van der Waals surface area contributed by atoms with E-state index in [9.17, 15) is 4.79 Å². The van der Waals surface area contributed by atoms with Crippen LogP contribution in [0.3, 0.4) is 0 Å². The number of hydrogen-bond donors (Lipinski definition) is 2. The molecule has 0 spiro atoms. The van der Waals surface area contributed by atoms with Gasteiger partial charge < -0.3 is 15.4 Å². The lowest BCUT2D eigenvalue weighted by molar-refractivity contribution is 0.0488. The lowest BCUT2D eigenvalue weighted by Gasteiger charge is -2.30. The smallest absolute Gasteiger partial charge is 0.407 e. The molecule has 3 atom stereocenters. The zero-order chi connectivity index (χ0) is 16.9. The Kier molecular flexibility index (Phi) is 6.41. The van der Waals surface area contributed by atoms with E-state index in [0.717, 1.165) is 25.0 Å². The summed E-state index contributed by atoms with van der Waals surface area (Å²) in [6, 6.07) is 0.544. The number of carbonyl (C=O) groups is 1. The minimum atomic E-state index is -0.467. The summed E-state index contributed by atoms with van der Waals surface area (Å²) < 4.78 is 5.42. The summed E-state index contributed by atoms with van der Waals surface area (Å²) in [4.78, 5) is 16.5. The van der Waals surface area contributed by atoms with Crippen molar-refractivity contribution in [2.75, 3.05) is 0 Å². The van der Waals surface area contributed by atoms with Gasteiger partial charge in [0, 0.05) is 23.5 Å². The number of thiazole rings is 1. The molecule has 5 nitrogen and oxygen atoms in total. The summed E-state index contributed by atoms with van der Waals surface area (Å²) >= 11 is 1.61. The van der Waals surface area contributed by atoms with Gasteiger partial charge in [0.15, 0.2) is 0 Å². The van der Waals surface area contributed by atoms with Crippen LogP contribution in [-0.2, 0) is 4.74 Å². The minimum Gasteiger partial charge on any atom is -0.444 e. The first-order valence-corrected chi connectivity index (χ1v) is 9.43. The van der Waals surface area contributed by atoms with E-state index < -0.39 is 5.60 Å². The molecular weight excluding hydrogens is 310 g/mol. The number of carbonyl (C=O) groups excluding carboxylic acids is 1. The van der Waals surface area contributed by atoms with E-state index >= 15 is 0 Å². The molecule has 1 aliphatic rings. The van der Waals surface area contributed by atoms with E-state index in [1.807, 2.05) is 26.3 Å². The van der Waals surface area contributed by atoms with Gasteiger partial charge in [0.1, 0.15) is 5.60 Å². The third-order valence-corrected chi connectivity index (χ3v) is 4.68. The van der Waals surface area contributed by atoms with Crippen LogP contribution < -0.4 is 10.6 Å². The quantitative estimate of drug-likeness (QED) is 0.813. The van der Waals surface area contributed by atoms with Gasteiger partial charge in [-0.3, -0.25) is 0 Å². The van der Waals surface area contributed by atoms with Crippen molar-refractivity contribution in [2.24, 2.45) is 0 Å². The summed E-state index contributed by atoms with van der Waals surface area (Å²) in [5, 5.41) is 8.80. The van der Waals surface area contributed by atoms with Crippen LogP contribution >= 0.6 is 11.3 Å². The highest BCUT2D eigenvalue weighted by molar-refractivity contribution is 7.07. The second-order valence-corrected chi connectivity index (χ2v) is 8.02. The monoisotopic (exact) mass is 339 g/mol. The number of hydrogen-bond acceptors (Lipinski definition) is 5. The first-order chi connectivity index (χ1) is 10.8. The number of amides is 1. The highest BCUT2D eigenvalue weighted by atomic mass is 32.1. The van der Waals surface area contributed by atoms with Crippen LogP contribution in [0, 0.1) is 0 Å². The van der Waals surface area contributed by atoms with Gasteiger partial charge in [-0.1, -0.05) is 19.3 Å². The van der Waals surface area contributed by atoms with Crippen molar-refractivity contribution >= 4 is 17.4 Å². The average Bonchev–Trinajstić information content (AvgIpc) is 2.89. The zero-order valence-corrected chi connectivity index (χ0v) is 15.4. The predicted molar refractivity (Wildman–Crippen MR) is 93.7 cm³/mol. The molecule has 2 N–H and O–H groups in total. The third-order valence-electron chi connectivity index (χ3n) is 4.08. The van der Waals surface area contributed by atoms with E-state index in [1.54, 1.807) is 11.3 Å². The molecule has 1 heterocycles. The Labute approximate surface area is 143 Å². The maximum absolute atomic E-state index is 12.1. The van der Waals surface area contributed by atoms with Crippen molar-refractivity contribution in [3.8, 4) is 0 Å². The van der Waals surface area contributed by atoms with Gasteiger partial charge in [-0.15, -0.1) is 11.3 Å². The Bertz CT molecular complexity index is 485. The maximum atomic E-state index is 12.1. The van der Waals surface area contributed by atoms with Gasteiger partial charge in [0.25, 0.3) is 0 Å². The third kappa shape index (κ3) is 6.11. The summed E-state index contributed by atoms with van der Waals surface area (Å²) in [6.45, 7) is 7.80. The fourth-order valence-corrected chi connectivity index (χ4v) is 3.63. The molecule has 6 heteroatoms. The summed E-state index contributed by atoms with van der Waals surface area (Å²) in [6.07, 6.45) is 5.28. The maximum Gasteiger partial charge on any atom is 0.407 e. The Morgan fingerprint density at radius 2 is 2.00 bits per heavy atom.